The molecule has 1 aliphatic rings. The minimum absolute atomic E-state index is 0.387. The Labute approximate surface area is 123 Å². The van der Waals surface area contributed by atoms with Crippen molar-refractivity contribution >= 4 is 0 Å². The van der Waals surface area contributed by atoms with Crippen LogP contribution in [0.2, 0.25) is 0 Å². The number of nitrogens with one attached hydrogen (secondary N) is 1. The van der Waals surface area contributed by atoms with Crippen LogP contribution in [0, 0.1) is 0 Å². The summed E-state index contributed by atoms with van der Waals surface area (Å²) >= 11 is 0. The lowest BCUT2D eigenvalue weighted by Crippen LogP contribution is -2.43. The molecule has 1 aliphatic heterocycles. The van der Waals surface area contributed by atoms with Crippen LogP contribution in [0.5, 0.6) is 0 Å². The summed E-state index contributed by atoms with van der Waals surface area (Å²) in [6.45, 7) is 10.1. The van der Waals surface area contributed by atoms with E-state index in [4.69, 9.17) is 0 Å². The lowest BCUT2D eigenvalue weighted by Gasteiger charge is -2.33. The third kappa shape index (κ3) is 4.73. The molecule has 0 bridgehead atoms. The first-order chi connectivity index (χ1) is 9.65. The quantitative estimate of drug-likeness (QED) is 0.835. The molecule has 1 N–H and O–H groups in total. The van der Waals surface area contributed by atoms with Gasteiger partial charge in [-0.2, -0.15) is 0 Å². The summed E-state index contributed by atoms with van der Waals surface area (Å²) in [6.07, 6.45) is 8.59. The van der Waals surface area contributed by atoms with Crippen LogP contribution >= 0.6 is 0 Å². The second-order valence-corrected chi connectivity index (χ2v) is 6.03. The molecular formula is C17H27N3. The van der Waals surface area contributed by atoms with E-state index in [9.17, 15) is 0 Å². The SMILES string of the molecule is CC(C)=CCN1CCC(N[C@@H](C)c2cccnc2)CC1. The first kappa shape index (κ1) is 15.2. The fraction of sp³-hybridized carbons (Fsp3) is 0.588. The average Bonchev–Trinajstić information content (AvgIpc) is 2.47. The smallest absolute Gasteiger partial charge is 0.0315 e. The first-order valence-corrected chi connectivity index (χ1v) is 7.67. The third-order valence-electron chi connectivity index (χ3n) is 4.02. The van der Waals surface area contributed by atoms with Crippen molar-refractivity contribution in [2.45, 2.75) is 45.7 Å². The second kappa shape index (κ2) is 7.55. The first-order valence-electron chi connectivity index (χ1n) is 7.67. The van der Waals surface area contributed by atoms with Crippen LogP contribution in [-0.2, 0) is 0 Å². The summed E-state index contributed by atoms with van der Waals surface area (Å²) in [5.41, 5.74) is 2.69. The van der Waals surface area contributed by atoms with E-state index >= 15 is 0 Å². The van der Waals surface area contributed by atoms with Crippen molar-refractivity contribution in [3.05, 3.63) is 41.7 Å². The molecule has 0 radical (unpaired) electrons. The zero-order valence-corrected chi connectivity index (χ0v) is 13.0. The van der Waals surface area contributed by atoms with Crippen LogP contribution in [0.3, 0.4) is 0 Å². The number of allylic oxidation sites excluding steroid dienone is 1. The van der Waals surface area contributed by atoms with Gasteiger partial charge in [0.05, 0.1) is 0 Å². The molecule has 3 nitrogen and oxygen atoms in total. The highest BCUT2D eigenvalue weighted by Gasteiger charge is 2.20. The Morgan fingerprint density at radius 1 is 1.45 bits per heavy atom. The standard InChI is InChI=1S/C17H27N3/c1-14(2)6-10-20-11-7-17(8-12-20)19-15(3)16-5-4-9-18-13-16/h4-6,9,13,15,17,19H,7-8,10-12H2,1-3H3/t15-/m0/s1. The molecule has 0 amide bonds. The fourth-order valence-electron chi connectivity index (χ4n) is 2.68. The van der Waals surface area contributed by atoms with Crippen molar-refractivity contribution in [1.29, 1.82) is 0 Å². The number of nitrogens with zero attached hydrogens (tertiary/aromatic N) is 2. The number of piperidine rings is 1. The minimum atomic E-state index is 0.387. The summed E-state index contributed by atoms with van der Waals surface area (Å²) < 4.78 is 0. The van der Waals surface area contributed by atoms with Gasteiger partial charge in [-0.1, -0.05) is 17.7 Å². The van der Waals surface area contributed by atoms with Gasteiger partial charge in [0.2, 0.25) is 0 Å². The van der Waals surface area contributed by atoms with E-state index < -0.39 is 0 Å². The molecule has 0 unspecified atom stereocenters. The van der Waals surface area contributed by atoms with Crippen molar-refractivity contribution in [2.24, 2.45) is 0 Å². The van der Waals surface area contributed by atoms with Crippen LogP contribution in [0.1, 0.15) is 45.2 Å². The largest absolute Gasteiger partial charge is 0.307 e. The summed E-state index contributed by atoms with van der Waals surface area (Å²) in [5.74, 6) is 0. The van der Waals surface area contributed by atoms with Crippen molar-refractivity contribution in [3.8, 4) is 0 Å². The molecule has 2 heterocycles. The number of hydrogen-bond donors (Lipinski definition) is 1. The van der Waals surface area contributed by atoms with Crippen molar-refractivity contribution in [3.63, 3.8) is 0 Å². The second-order valence-electron chi connectivity index (χ2n) is 6.03. The van der Waals surface area contributed by atoms with Gasteiger partial charge in [-0.05, 0) is 58.3 Å². The van der Waals surface area contributed by atoms with Crippen LogP contribution in [0.4, 0.5) is 0 Å². The topological polar surface area (TPSA) is 28.2 Å². The number of rotatable bonds is 5. The van der Waals surface area contributed by atoms with Gasteiger partial charge >= 0.3 is 0 Å². The highest BCUT2D eigenvalue weighted by Crippen LogP contribution is 2.16. The number of likely N-dealkylation sites (tertiary alicyclic amines) is 1. The molecule has 1 fully saturated rings. The number of aromatic nitrogens is 1. The highest BCUT2D eigenvalue weighted by molar-refractivity contribution is 5.13. The van der Waals surface area contributed by atoms with Gasteiger partial charge < -0.3 is 5.32 Å². The molecule has 20 heavy (non-hydrogen) atoms. The Morgan fingerprint density at radius 3 is 2.80 bits per heavy atom. The van der Waals surface area contributed by atoms with Gasteiger partial charge in [-0.25, -0.2) is 0 Å². The Bertz CT molecular complexity index is 415. The molecule has 0 spiro atoms. The van der Waals surface area contributed by atoms with E-state index in [1.54, 1.807) is 0 Å². The minimum Gasteiger partial charge on any atom is -0.307 e. The molecule has 1 aromatic rings. The summed E-state index contributed by atoms with van der Waals surface area (Å²) in [5, 5.41) is 3.74. The summed E-state index contributed by atoms with van der Waals surface area (Å²) in [4.78, 5) is 6.74. The van der Waals surface area contributed by atoms with Crippen molar-refractivity contribution in [1.82, 2.24) is 15.2 Å². The van der Waals surface area contributed by atoms with Gasteiger partial charge in [-0.3, -0.25) is 9.88 Å². The zero-order valence-electron chi connectivity index (χ0n) is 13.0. The summed E-state index contributed by atoms with van der Waals surface area (Å²) in [7, 11) is 0. The van der Waals surface area contributed by atoms with Crippen molar-refractivity contribution < 1.29 is 0 Å². The van der Waals surface area contributed by atoms with Gasteiger partial charge in [0.1, 0.15) is 0 Å². The maximum Gasteiger partial charge on any atom is 0.0315 e. The van der Waals surface area contributed by atoms with Gasteiger partial charge in [0, 0.05) is 31.0 Å². The normalized spacial score (nSPS) is 18.8. The molecule has 0 saturated carbocycles. The van der Waals surface area contributed by atoms with E-state index in [1.165, 1.54) is 37.1 Å². The van der Waals surface area contributed by atoms with E-state index in [2.05, 4.69) is 48.1 Å². The molecule has 1 saturated heterocycles. The van der Waals surface area contributed by atoms with Crippen molar-refractivity contribution in [2.75, 3.05) is 19.6 Å². The van der Waals surface area contributed by atoms with Gasteiger partial charge in [0.25, 0.3) is 0 Å². The molecule has 1 atom stereocenters. The summed E-state index contributed by atoms with van der Waals surface area (Å²) in [6, 6.07) is 5.18. The monoisotopic (exact) mass is 273 g/mol. The van der Waals surface area contributed by atoms with Gasteiger partial charge in [0.15, 0.2) is 0 Å². The Kier molecular flexibility index (Phi) is 5.74. The maximum absolute atomic E-state index is 4.20. The van der Waals surface area contributed by atoms with Crippen LogP contribution in [0.25, 0.3) is 0 Å². The Hall–Kier alpha value is -1.19. The third-order valence-corrected chi connectivity index (χ3v) is 4.02. The number of hydrogen-bond acceptors (Lipinski definition) is 3. The lowest BCUT2D eigenvalue weighted by atomic mass is 10.0. The van der Waals surface area contributed by atoms with E-state index in [0.717, 1.165) is 6.54 Å². The fourth-order valence-corrected chi connectivity index (χ4v) is 2.68. The molecule has 0 aliphatic carbocycles. The van der Waals surface area contributed by atoms with Crippen LogP contribution in [0.15, 0.2) is 36.2 Å². The van der Waals surface area contributed by atoms with E-state index in [-0.39, 0.29) is 0 Å². The van der Waals surface area contributed by atoms with Crippen LogP contribution < -0.4 is 5.32 Å². The molecule has 2 rings (SSSR count). The predicted molar refractivity (Wildman–Crippen MR) is 84.7 cm³/mol. The average molecular weight is 273 g/mol. The predicted octanol–water partition coefficient (Wildman–Crippen LogP) is 3.16. The van der Waals surface area contributed by atoms with E-state index in [0.29, 0.717) is 12.1 Å². The molecule has 110 valence electrons. The van der Waals surface area contributed by atoms with E-state index in [1.807, 2.05) is 18.5 Å². The molecule has 0 aromatic carbocycles. The Balaban J connectivity index is 1.76. The maximum atomic E-state index is 4.20. The molecule has 3 heteroatoms. The Morgan fingerprint density at radius 2 is 2.20 bits per heavy atom. The zero-order chi connectivity index (χ0) is 14.4. The number of pyridine rings is 1. The highest BCUT2D eigenvalue weighted by atomic mass is 15.1. The van der Waals surface area contributed by atoms with Crippen LogP contribution in [-0.4, -0.2) is 35.6 Å². The molecular weight excluding hydrogens is 246 g/mol. The lowest BCUT2D eigenvalue weighted by molar-refractivity contribution is 0.208. The van der Waals surface area contributed by atoms with Gasteiger partial charge in [-0.15, -0.1) is 0 Å². The molecule has 1 aromatic heterocycles.